The lowest BCUT2D eigenvalue weighted by molar-refractivity contribution is 0.0972. The summed E-state index contributed by atoms with van der Waals surface area (Å²) in [7, 11) is -1.57. The quantitative estimate of drug-likeness (QED) is 0.810. The third kappa shape index (κ3) is 2.94. The van der Waals surface area contributed by atoms with Gasteiger partial charge in [0.05, 0.1) is 10.6 Å². The summed E-state index contributed by atoms with van der Waals surface area (Å²) >= 11 is 1.24. The maximum atomic E-state index is 12.3. The van der Waals surface area contributed by atoms with E-state index in [1.165, 1.54) is 24.2 Å². The number of anilines is 2. The monoisotopic (exact) mass is 328 g/mol. The Bertz CT molecular complexity index is 685. The highest BCUT2D eigenvalue weighted by molar-refractivity contribution is 7.91. The van der Waals surface area contributed by atoms with Crippen molar-refractivity contribution >= 4 is 37.6 Å². The molecule has 0 amide bonds. The molecule has 2 aliphatic carbocycles. The summed E-state index contributed by atoms with van der Waals surface area (Å²) in [6, 6.07) is 0. The molecule has 2 saturated carbocycles. The summed E-state index contributed by atoms with van der Waals surface area (Å²) in [6.07, 6.45) is 5.31. The second-order valence-corrected chi connectivity index (χ2v) is 9.17. The lowest BCUT2D eigenvalue weighted by atomic mass is 10.2. The molecular weight excluding hydrogens is 308 g/mol. The summed E-state index contributed by atoms with van der Waals surface area (Å²) in [5.74, 6) is 0.682. The van der Waals surface area contributed by atoms with Crippen molar-refractivity contribution in [3.8, 4) is 0 Å². The fourth-order valence-electron chi connectivity index (χ4n) is 2.51. The van der Waals surface area contributed by atoms with Crippen LogP contribution < -0.4 is 10.6 Å². The summed E-state index contributed by atoms with van der Waals surface area (Å²) in [5.41, 5.74) is 6.17. The molecule has 2 fully saturated rings. The Kier molecular flexibility index (Phi) is 3.52. The Labute approximate surface area is 129 Å². The van der Waals surface area contributed by atoms with Crippen molar-refractivity contribution < 1.29 is 13.2 Å². The van der Waals surface area contributed by atoms with Crippen molar-refractivity contribution in [3.63, 3.8) is 0 Å². The molecule has 0 saturated heterocycles. The number of hydrogen-bond donors (Lipinski definition) is 1. The summed E-state index contributed by atoms with van der Waals surface area (Å²) in [5, 5.41) is 0.617. The number of carbonyl (C=O) groups excluding carboxylic acids is 1. The maximum Gasteiger partial charge on any atom is 0.180 e. The molecule has 1 heterocycles. The van der Waals surface area contributed by atoms with Gasteiger partial charge in [-0.1, -0.05) is 0 Å². The summed E-state index contributed by atoms with van der Waals surface area (Å²) in [4.78, 5) is 14.8. The first-order valence-corrected chi connectivity index (χ1v) is 9.87. The number of sulfone groups is 1. The van der Waals surface area contributed by atoms with E-state index in [4.69, 9.17) is 5.73 Å². The largest absolute Gasteiger partial charge is 0.396 e. The molecule has 2 aliphatic rings. The molecule has 2 N–H and O–H groups in total. The van der Waals surface area contributed by atoms with Crippen LogP contribution in [0.2, 0.25) is 0 Å². The topological polar surface area (TPSA) is 80.5 Å². The van der Waals surface area contributed by atoms with Gasteiger partial charge in [-0.15, -0.1) is 11.3 Å². The van der Waals surface area contributed by atoms with Gasteiger partial charge in [-0.25, -0.2) is 8.42 Å². The van der Waals surface area contributed by atoms with Crippen LogP contribution in [0.5, 0.6) is 0 Å². The lowest BCUT2D eigenvalue weighted by Gasteiger charge is -2.18. The van der Waals surface area contributed by atoms with E-state index in [1.807, 2.05) is 11.9 Å². The van der Waals surface area contributed by atoms with Crippen LogP contribution in [0.1, 0.15) is 35.4 Å². The molecule has 21 heavy (non-hydrogen) atoms. The number of ketones is 1. The Morgan fingerprint density at radius 1 is 1.33 bits per heavy atom. The third-order valence-electron chi connectivity index (χ3n) is 4.00. The first kappa shape index (κ1) is 14.8. The minimum atomic E-state index is -3.45. The molecule has 5 nitrogen and oxygen atoms in total. The van der Waals surface area contributed by atoms with E-state index in [2.05, 4.69) is 0 Å². The number of Topliss-reactive ketones (excluding diaryl/α,β-unsaturated/α-hetero) is 1. The molecule has 1 aromatic heterocycles. The zero-order chi connectivity index (χ0) is 15.4. The molecule has 0 unspecified atom stereocenters. The molecule has 7 heteroatoms. The van der Waals surface area contributed by atoms with Gasteiger partial charge >= 0.3 is 0 Å². The number of nitrogens with two attached hydrogens (primary N) is 1. The number of nitrogen functional groups attached to an aromatic ring is 1. The first-order valence-electron chi connectivity index (χ1n) is 7.16. The van der Waals surface area contributed by atoms with Crippen molar-refractivity contribution in [2.75, 3.05) is 30.5 Å². The zero-order valence-electron chi connectivity index (χ0n) is 12.3. The average Bonchev–Trinajstić information content (AvgIpc) is 3.25. The van der Waals surface area contributed by atoms with E-state index in [1.54, 1.807) is 0 Å². The van der Waals surface area contributed by atoms with Gasteiger partial charge in [0.15, 0.2) is 15.6 Å². The Morgan fingerprint density at radius 3 is 2.43 bits per heavy atom. The van der Waals surface area contributed by atoms with Crippen LogP contribution >= 0.6 is 11.3 Å². The lowest BCUT2D eigenvalue weighted by Crippen LogP contribution is -2.20. The minimum Gasteiger partial charge on any atom is -0.396 e. The van der Waals surface area contributed by atoms with E-state index in [0.717, 1.165) is 25.6 Å². The van der Waals surface area contributed by atoms with Crippen LogP contribution in [-0.2, 0) is 9.84 Å². The van der Waals surface area contributed by atoms with E-state index in [-0.39, 0.29) is 22.3 Å². The number of hydrogen-bond acceptors (Lipinski definition) is 6. The van der Waals surface area contributed by atoms with Gasteiger partial charge in [-0.2, -0.15) is 0 Å². The van der Waals surface area contributed by atoms with E-state index in [9.17, 15) is 13.2 Å². The average molecular weight is 328 g/mol. The number of thiophene rings is 1. The molecule has 116 valence electrons. The SMILES string of the molecule is CN(CC1CC1)c1sc(C(=O)C2CC2)c(N)c1S(C)(=O)=O. The Morgan fingerprint density at radius 2 is 1.95 bits per heavy atom. The normalized spacial score (nSPS) is 18.8. The first-order chi connectivity index (χ1) is 9.79. The standard InChI is InChI=1S/C14H20N2O3S2/c1-16(7-8-3-4-8)14-13(21(2,18)19)10(15)12(20-14)11(17)9-5-6-9/h8-9H,3-7,15H2,1-2H3. The number of carbonyl (C=O) groups is 1. The number of nitrogens with zero attached hydrogens (tertiary/aromatic N) is 1. The van der Waals surface area contributed by atoms with Gasteiger partial charge in [0.1, 0.15) is 9.90 Å². The van der Waals surface area contributed by atoms with Crippen LogP contribution in [0.3, 0.4) is 0 Å². The highest BCUT2D eigenvalue weighted by Crippen LogP contribution is 2.45. The van der Waals surface area contributed by atoms with Crippen molar-refractivity contribution in [1.29, 1.82) is 0 Å². The van der Waals surface area contributed by atoms with Crippen LogP contribution in [0.25, 0.3) is 0 Å². The van der Waals surface area contributed by atoms with Crippen molar-refractivity contribution in [1.82, 2.24) is 0 Å². The summed E-state index contributed by atoms with van der Waals surface area (Å²) in [6.45, 7) is 0.819. The second kappa shape index (κ2) is 4.98. The fraction of sp³-hybridized carbons (Fsp3) is 0.643. The molecule has 0 radical (unpaired) electrons. The van der Waals surface area contributed by atoms with Crippen LogP contribution in [0, 0.1) is 11.8 Å². The van der Waals surface area contributed by atoms with Crippen molar-refractivity contribution in [2.24, 2.45) is 11.8 Å². The minimum absolute atomic E-state index is 0.00784. The Balaban J connectivity index is 2.03. The predicted molar refractivity (Wildman–Crippen MR) is 84.9 cm³/mol. The third-order valence-corrected chi connectivity index (χ3v) is 6.62. The molecule has 0 bridgehead atoms. The zero-order valence-corrected chi connectivity index (χ0v) is 13.9. The molecule has 0 aliphatic heterocycles. The van der Waals surface area contributed by atoms with E-state index >= 15 is 0 Å². The molecule has 3 rings (SSSR count). The molecule has 0 atom stereocenters. The smallest absolute Gasteiger partial charge is 0.180 e. The molecule has 0 aromatic carbocycles. The highest BCUT2D eigenvalue weighted by Gasteiger charge is 2.36. The van der Waals surface area contributed by atoms with Crippen molar-refractivity contribution in [2.45, 2.75) is 30.6 Å². The van der Waals surface area contributed by atoms with E-state index in [0.29, 0.717) is 15.8 Å². The number of rotatable bonds is 6. The molecular formula is C14H20N2O3S2. The van der Waals surface area contributed by atoms with Gasteiger partial charge in [0, 0.05) is 25.8 Å². The Hall–Kier alpha value is -1.08. The van der Waals surface area contributed by atoms with Crippen LogP contribution in [0.4, 0.5) is 10.7 Å². The predicted octanol–water partition coefficient (Wildman–Crippen LogP) is 2.17. The van der Waals surface area contributed by atoms with Gasteiger partial charge in [-0.3, -0.25) is 4.79 Å². The highest BCUT2D eigenvalue weighted by atomic mass is 32.2. The van der Waals surface area contributed by atoms with Gasteiger partial charge < -0.3 is 10.6 Å². The van der Waals surface area contributed by atoms with E-state index < -0.39 is 9.84 Å². The fourth-order valence-corrected chi connectivity index (χ4v) is 5.23. The maximum absolute atomic E-state index is 12.3. The van der Waals surface area contributed by atoms with Gasteiger partial charge in [-0.05, 0) is 31.6 Å². The molecule has 1 aromatic rings. The van der Waals surface area contributed by atoms with Gasteiger partial charge in [0.2, 0.25) is 0 Å². The van der Waals surface area contributed by atoms with Crippen molar-refractivity contribution in [3.05, 3.63) is 4.88 Å². The second-order valence-electron chi connectivity index (χ2n) is 6.21. The van der Waals surface area contributed by atoms with Crippen LogP contribution in [0.15, 0.2) is 4.90 Å². The summed E-state index contributed by atoms with van der Waals surface area (Å²) < 4.78 is 24.2. The molecule has 0 spiro atoms. The van der Waals surface area contributed by atoms with Crippen LogP contribution in [-0.4, -0.2) is 34.0 Å². The van der Waals surface area contributed by atoms with Gasteiger partial charge in [0.25, 0.3) is 0 Å².